The first-order valence-corrected chi connectivity index (χ1v) is 8.35. The minimum atomic E-state index is -0.284. The van der Waals surface area contributed by atoms with Gasteiger partial charge in [-0.25, -0.2) is 4.39 Å². The second kappa shape index (κ2) is 7.88. The van der Waals surface area contributed by atoms with Gasteiger partial charge in [0, 0.05) is 50.6 Å². The number of rotatable bonds is 4. The van der Waals surface area contributed by atoms with E-state index in [2.05, 4.69) is 4.98 Å². The standard InChI is InChI=1S/C19H20FN3O2/c20-17-3-1-2-15(14-17)4-5-18(24)22-10-12-23(13-11-22)19(25)16-6-8-21-9-7-16/h1-3,6-9,14H,4-5,10-13H2. The van der Waals surface area contributed by atoms with Crippen molar-refractivity contribution >= 4 is 11.8 Å². The van der Waals surface area contributed by atoms with Crippen LogP contribution in [0.15, 0.2) is 48.8 Å². The lowest BCUT2D eigenvalue weighted by molar-refractivity contribution is -0.132. The number of halogens is 1. The molecule has 1 fully saturated rings. The van der Waals surface area contributed by atoms with Crippen LogP contribution in [0.3, 0.4) is 0 Å². The Kier molecular flexibility index (Phi) is 5.38. The Hall–Kier alpha value is -2.76. The molecular weight excluding hydrogens is 321 g/mol. The maximum atomic E-state index is 13.2. The average Bonchev–Trinajstić information content (AvgIpc) is 2.66. The van der Waals surface area contributed by atoms with E-state index < -0.39 is 0 Å². The number of carbonyl (C=O) groups excluding carboxylic acids is 2. The van der Waals surface area contributed by atoms with Crippen molar-refractivity contribution in [1.29, 1.82) is 0 Å². The van der Waals surface area contributed by atoms with E-state index in [0.717, 1.165) is 5.56 Å². The summed E-state index contributed by atoms with van der Waals surface area (Å²) in [6, 6.07) is 9.71. The predicted molar refractivity (Wildman–Crippen MR) is 91.4 cm³/mol. The zero-order chi connectivity index (χ0) is 17.6. The molecule has 0 N–H and O–H groups in total. The van der Waals surface area contributed by atoms with Gasteiger partial charge in [0.05, 0.1) is 0 Å². The van der Waals surface area contributed by atoms with Gasteiger partial charge in [0.1, 0.15) is 5.82 Å². The van der Waals surface area contributed by atoms with E-state index in [1.165, 1.54) is 12.1 Å². The third-order valence-electron chi connectivity index (χ3n) is 4.36. The SMILES string of the molecule is O=C(CCc1cccc(F)c1)N1CCN(C(=O)c2ccncc2)CC1. The fourth-order valence-electron chi connectivity index (χ4n) is 2.94. The normalized spacial score (nSPS) is 14.4. The molecule has 1 aliphatic heterocycles. The van der Waals surface area contributed by atoms with Crippen molar-refractivity contribution in [2.24, 2.45) is 0 Å². The van der Waals surface area contributed by atoms with E-state index >= 15 is 0 Å². The van der Waals surface area contributed by atoms with Gasteiger partial charge in [-0.3, -0.25) is 14.6 Å². The zero-order valence-corrected chi connectivity index (χ0v) is 13.9. The van der Waals surface area contributed by atoms with Gasteiger partial charge in [0.25, 0.3) is 5.91 Å². The van der Waals surface area contributed by atoms with Gasteiger partial charge >= 0.3 is 0 Å². The first-order valence-electron chi connectivity index (χ1n) is 8.35. The Balaban J connectivity index is 1.48. The largest absolute Gasteiger partial charge is 0.339 e. The molecule has 0 radical (unpaired) electrons. The summed E-state index contributed by atoms with van der Waals surface area (Å²) in [4.78, 5) is 32.1. The Bertz CT molecular complexity index is 743. The molecule has 25 heavy (non-hydrogen) atoms. The summed E-state index contributed by atoms with van der Waals surface area (Å²) in [5.74, 6) is -0.275. The van der Waals surface area contributed by atoms with Crippen LogP contribution in [-0.2, 0) is 11.2 Å². The summed E-state index contributed by atoms with van der Waals surface area (Å²) in [5.41, 5.74) is 1.43. The van der Waals surface area contributed by atoms with Crippen LogP contribution in [0.25, 0.3) is 0 Å². The molecule has 0 atom stereocenters. The van der Waals surface area contributed by atoms with Gasteiger partial charge in [-0.1, -0.05) is 12.1 Å². The quantitative estimate of drug-likeness (QED) is 0.856. The molecule has 5 nitrogen and oxygen atoms in total. The summed E-state index contributed by atoms with van der Waals surface area (Å²) in [5, 5.41) is 0. The molecule has 1 aromatic heterocycles. The van der Waals surface area contributed by atoms with Crippen LogP contribution in [0, 0.1) is 5.82 Å². The Morgan fingerprint density at radius 2 is 1.68 bits per heavy atom. The number of nitrogens with zero attached hydrogens (tertiary/aromatic N) is 3. The van der Waals surface area contributed by atoms with Crippen LogP contribution in [-0.4, -0.2) is 52.8 Å². The van der Waals surface area contributed by atoms with Crippen molar-refractivity contribution in [3.8, 4) is 0 Å². The van der Waals surface area contributed by atoms with Crippen molar-refractivity contribution in [2.75, 3.05) is 26.2 Å². The monoisotopic (exact) mass is 341 g/mol. The summed E-state index contributed by atoms with van der Waals surface area (Å²) in [7, 11) is 0. The fraction of sp³-hybridized carbons (Fsp3) is 0.316. The molecule has 6 heteroatoms. The minimum Gasteiger partial charge on any atom is -0.339 e. The predicted octanol–water partition coefficient (Wildman–Crippen LogP) is 2.14. The smallest absolute Gasteiger partial charge is 0.254 e. The summed E-state index contributed by atoms with van der Waals surface area (Å²) >= 11 is 0. The van der Waals surface area contributed by atoms with Crippen LogP contribution < -0.4 is 0 Å². The maximum absolute atomic E-state index is 13.2. The Morgan fingerprint density at radius 1 is 1.00 bits per heavy atom. The molecule has 0 aliphatic carbocycles. The van der Waals surface area contributed by atoms with Crippen molar-refractivity contribution in [3.05, 3.63) is 65.7 Å². The second-order valence-electron chi connectivity index (χ2n) is 6.04. The number of amides is 2. The van der Waals surface area contributed by atoms with Crippen LogP contribution in [0.1, 0.15) is 22.3 Å². The number of aromatic nitrogens is 1. The molecule has 3 rings (SSSR count). The van der Waals surface area contributed by atoms with E-state index in [0.29, 0.717) is 44.6 Å². The van der Waals surface area contributed by atoms with E-state index in [1.54, 1.807) is 40.4 Å². The van der Waals surface area contributed by atoms with Crippen molar-refractivity contribution in [3.63, 3.8) is 0 Å². The summed E-state index contributed by atoms with van der Waals surface area (Å²) in [6.07, 6.45) is 4.06. The Labute approximate surface area is 146 Å². The molecule has 1 aliphatic rings. The molecule has 1 saturated heterocycles. The topological polar surface area (TPSA) is 53.5 Å². The lowest BCUT2D eigenvalue weighted by Gasteiger charge is -2.35. The highest BCUT2D eigenvalue weighted by atomic mass is 19.1. The third-order valence-corrected chi connectivity index (χ3v) is 4.36. The molecule has 130 valence electrons. The molecule has 2 aromatic rings. The van der Waals surface area contributed by atoms with Crippen LogP contribution >= 0.6 is 0 Å². The van der Waals surface area contributed by atoms with Gasteiger partial charge in [-0.05, 0) is 36.2 Å². The first-order chi connectivity index (χ1) is 12.1. The highest BCUT2D eigenvalue weighted by Crippen LogP contribution is 2.11. The van der Waals surface area contributed by atoms with Crippen LogP contribution in [0.4, 0.5) is 4.39 Å². The number of benzene rings is 1. The van der Waals surface area contributed by atoms with Gasteiger partial charge in [-0.15, -0.1) is 0 Å². The minimum absolute atomic E-state index is 0.0331. The molecule has 0 spiro atoms. The number of hydrogen-bond donors (Lipinski definition) is 0. The van der Waals surface area contributed by atoms with E-state index in [-0.39, 0.29) is 17.6 Å². The van der Waals surface area contributed by atoms with Gasteiger partial charge in [0.2, 0.25) is 5.91 Å². The molecule has 2 amide bonds. The van der Waals surface area contributed by atoms with Crippen LogP contribution in [0.5, 0.6) is 0 Å². The van der Waals surface area contributed by atoms with Gasteiger partial charge in [-0.2, -0.15) is 0 Å². The van der Waals surface area contributed by atoms with Crippen LogP contribution in [0.2, 0.25) is 0 Å². The Morgan fingerprint density at radius 3 is 2.36 bits per heavy atom. The summed E-state index contributed by atoms with van der Waals surface area (Å²) < 4.78 is 13.2. The number of aryl methyl sites for hydroxylation is 1. The molecule has 2 heterocycles. The molecule has 1 aromatic carbocycles. The first kappa shape index (κ1) is 17.1. The lowest BCUT2D eigenvalue weighted by Crippen LogP contribution is -2.50. The number of pyridine rings is 1. The second-order valence-corrected chi connectivity index (χ2v) is 6.04. The molecule has 0 saturated carbocycles. The number of carbonyl (C=O) groups is 2. The lowest BCUT2D eigenvalue weighted by atomic mass is 10.1. The number of hydrogen-bond acceptors (Lipinski definition) is 3. The van der Waals surface area contributed by atoms with E-state index in [1.807, 2.05) is 6.07 Å². The van der Waals surface area contributed by atoms with E-state index in [4.69, 9.17) is 0 Å². The van der Waals surface area contributed by atoms with Crippen molar-refractivity contribution in [2.45, 2.75) is 12.8 Å². The number of piperazine rings is 1. The maximum Gasteiger partial charge on any atom is 0.254 e. The van der Waals surface area contributed by atoms with Crippen molar-refractivity contribution in [1.82, 2.24) is 14.8 Å². The van der Waals surface area contributed by atoms with Gasteiger partial charge < -0.3 is 9.80 Å². The zero-order valence-electron chi connectivity index (χ0n) is 13.9. The van der Waals surface area contributed by atoms with Crippen molar-refractivity contribution < 1.29 is 14.0 Å². The molecule has 0 unspecified atom stereocenters. The molecular formula is C19H20FN3O2. The average molecular weight is 341 g/mol. The summed E-state index contributed by atoms with van der Waals surface area (Å²) in [6.45, 7) is 2.09. The van der Waals surface area contributed by atoms with E-state index in [9.17, 15) is 14.0 Å². The molecule has 0 bridgehead atoms. The highest BCUT2D eigenvalue weighted by molar-refractivity contribution is 5.94. The highest BCUT2D eigenvalue weighted by Gasteiger charge is 2.24. The van der Waals surface area contributed by atoms with Gasteiger partial charge in [0.15, 0.2) is 0 Å². The third kappa shape index (κ3) is 4.41. The fourth-order valence-corrected chi connectivity index (χ4v) is 2.94.